The summed E-state index contributed by atoms with van der Waals surface area (Å²) in [6, 6.07) is 9.43. The Kier molecular flexibility index (Phi) is 10.3. The zero-order chi connectivity index (χ0) is 19.5. The molecular formula is C22H32Cl2N2O. The SMILES string of the molecule is CCCCN(CCCC)CCCNCc1ccc(-c2cc(Cl)cc(Cl)c2)o1. The van der Waals surface area contributed by atoms with E-state index < -0.39 is 0 Å². The quantitative estimate of drug-likeness (QED) is 0.375. The van der Waals surface area contributed by atoms with Crippen LogP contribution in [0.1, 0.15) is 51.7 Å². The third-order valence-corrected chi connectivity index (χ3v) is 5.03. The highest BCUT2D eigenvalue weighted by atomic mass is 35.5. The average Bonchev–Trinajstić information content (AvgIpc) is 3.11. The van der Waals surface area contributed by atoms with Crippen molar-refractivity contribution in [1.29, 1.82) is 0 Å². The molecular weight excluding hydrogens is 379 g/mol. The highest BCUT2D eigenvalue weighted by molar-refractivity contribution is 6.35. The third-order valence-electron chi connectivity index (χ3n) is 4.59. The summed E-state index contributed by atoms with van der Waals surface area (Å²) < 4.78 is 5.92. The van der Waals surface area contributed by atoms with Crippen molar-refractivity contribution in [3.63, 3.8) is 0 Å². The number of hydrogen-bond acceptors (Lipinski definition) is 3. The van der Waals surface area contributed by atoms with E-state index in [1.165, 1.54) is 38.8 Å². The Balaban J connectivity index is 1.73. The lowest BCUT2D eigenvalue weighted by molar-refractivity contribution is 0.260. The lowest BCUT2D eigenvalue weighted by Gasteiger charge is -2.21. The number of nitrogens with one attached hydrogen (secondary N) is 1. The predicted molar refractivity (Wildman–Crippen MR) is 117 cm³/mol. The molecule has 0 spiro atoms. The maximum absolute atomic E-state index is 6.07. The van der Waals surface area contributed by atoms with E-state index in [4.69, 9.17) is 27.6 Å². The van der Waals surface area contributed by atoms with Gasteiger partial charge < -0.3 is 14.6 Å². The molecule has 0 saturated heterocycles. The van der Waals surface area contributed by atoms with E-state index in [1.54, 1.807) is 6.07 Å². The lowest BCUT2D eigenvalue weighted by Crippen LogP contribution is -2.29. The highest BCUT2D eigenvalue weighted by Gasteiger charge is 2.07. The van der Waals surface area contributed by atoms with Gasteiger partial charge in [-0.1, -0.05) is 49.9 Å². The fourth-order valence-corrected chi connectivity index (χ4v) is 3.59. The second kappa shape index (κ2) is 12.5. The Morgan fingerprint density at radius 2 is 1.52 bits per heavy atom. The number of unbranched alkanes of at least 4 members (excludes halogenated alkanes) is 2. The van der Waals surface area contributed by atoms with Crippen molar-refractivity contribution in [2.24, 2.45) is 0 Å². The van der Waals surface area contributed by atoms with E-state index >= 15 is 0 Å². The van der Waals surface area contributed by atoms with E-state index in [-0.39, 0.29) is 0 Å². The first-order valence-corrected chi connectivity index (χ1v) is 10.9. The topological polar surface area (TPSA) is 28.4 Å². The van der Waals surface area contributed by atoms with Crippen LogP contribution in [0.4, 0.5) is 0 Å². The summed E-state index contributed by atoms with van der Waals surface area (Å²) in [4.78, 5) is 2.60. The van der Waals surface area contributed by atoms with Crippen molar-refractivity contribution in [2.45, 2.75) is 52.5 Å². The Labute approximate surface area is 174 Å². The van der Waals surface area contributed by atoms with Crippen LogP contribution in [0.15, 0.2) is 34.7 Å². The van der Waals surface area contributed by atoms with Gasteiger partial charge >= 0.3 is 0 Å². The normalized spacial score (nSPS) is 11.4. The van der Waals surface area contributed by atoms with Crippen molar-refractivity contribution in [1.82, 2.24) is 10.2 Å². The molecule has 0 aliphatic rings. The summed E-state index contributed by atoms with van der Waals surface area (Å²) in [5, 5.41) is 4.71. The molecule has 0 atom stereocenters. The fraction of sp³-hybridized carbons (Fsp3) is 0.545. The highest BCUT2D eigenvalue weighted by Crippen LogP contribution is 2.28. The van der Waals surface area contributed by atoms with Gasteiger partial charge in [0.25, 0.3) is 0 Å². The molecule has 1 aromatic heterocycles. The summed E-state index contributed by atoms with van der Waals surface area (Å²) in [6.07, 6.45) is 6.27. The molecule has 150 valence electrons. The van der Waals surface area contributed by atoms with E-state index in [0.29, 0.717) is 10.0 Å². The van der Waals surface area contributed by atoms with E-state index in [2.05, 4.69) is 24.1 Å². The van der Waals surface area contributed by atoms with Crippen LogP contribution in [-0.2, 0) is 6.54 Å². The zero-order valence-electron chi connectivity index (χ0n) is 16.6. The molecule has 0 bridgehead atoms. The first kappa shape index (κ1) is 22.3. The van der Waals surface area contributed by atoms with E-state index in [1.807, 2.05) is 24.3 Å². The molecule has 0 amide bonds. The molecule has 0 fully saturated rings. The van der Waals surface area contributed by atoms with E-state index in [9.17, 15) is 0 Å². The van der Waals surface area contributed by atoms with Crippen LogP contribution < -0.4 is 5.32 Å². The molecule has 0 aliphatic carbocycles. The van der Waals surface area contributed by atoms with Gasteiger partial charge in [-0.05, 0) is 75.8 Å². The second-order valence-corrected chi connectivity index (χ2v) is 7.88. The molecule has 27 heavy (non-hydrogen) atoms. The standard InChI is InChI=1S/C22H32Cl2N2O/c1-3-5-11-26(12-6-4-2)13-7-10-25-17-21-8-9-22(27-21)18-14-19(23)16-20(24)15-18/h8-9,14-16,25H,3-7,10-13,17H2,1-2H3. The van der Waals surface area contributed by atoms with Gasteiger partial charge in [-0.25, -0.2) is 0 Å². The number of halogens is 2. The zero-order valence-corrected chi connectivity index (χ0v) is 18.1. The maximum Gasteiger partial charge on any atom is 0.134 e. The van der Waals surface area contributed by atoms with Crippen LogP contribution >= 0.6 is 23.2 Å². The van der Waals surface area contributed by atoms with Gasteiger partial charge in [-0.2, -0.15) is 0 Å². The monoisotopic (exact) mass is 410 g/mol. The minimum absolute atomic E-state index is 0.615. The molecule has 1 aromatic carbocycles. The molecule has 0 aliphatic heterocycles. The summed E-state index contributed by atoms with van der Waals surface area (Å²) in [6.45, 7) is 9.85. The van der Waals surface area contributed by atoms with Crippen molar-refractivity contribution in [3.8, 4) is 11.3 Å². The van der Waals surface area contributed by atoms with Gasteiger partial charge in [-0.15, -0.1) is 0 Å². The van der Waals surface area contributed by atoms with Crippen LogP contribution in [0.2, 0.25) is 10.0 Å². The van der Waals surface area contributed by atoms with Gasteiger partial charge in [0.2, 0.25) is 0 Å². The maximum atomic E-state index is 6.07. The molecule has 2 rings (SSSR count). The molecule has 3 nitrogen and oxygen atoms in total. The van der Waals surface area contributed by atoms with Crippen molar-refractivity contribution in [2.75, 3.05) is 26.2 Å². The van der Waals surface area contributed by atoms with Crippen molar-refractivity contribution in [3.05, 3.63) is 46.1 Å². The number of benzene rings is 1. The Hall–Kier alpha value is -1.00. The van der Waals surface area contributed by atoms with Crippen molar-refractivity contribution >= 4 is 23.2 Å². The molecule has 1 heterocycles. The Morgan fingerprint density at radius 3 is 2.15 bits per heavy atom. The van der Waals surface area contributed by atoms with E-state index in [0.717, 1.165) is 43.1 Å². The smallest absolute Gasteiger partial charge is 0.134 e. The second-order valence-electron chi connectivity index (χ2n) is 7.00. The third kappa shape index (κ3) is 8.27. The molecule has 0 saturated carbocycles. The lowest BCUT2D eigenvalue weighted by atomic mass is 10.2. The Bertz CT molecular complexity index is 644. The van der Waals surface area contributed by atoms with Crippen molar-refractivity contribution < 1.29 is 4.42 Å². The number of nitrogens with zero attached hydrogens (tertiary/aromatic N) is 1. The summed E-state index contributed by atoms with van der Waals surface area (Å²) in [7, 11) is 0. The average molecular weight is 411 g/mol. The molecule has 0 unspecified atom stereocenters. The number of rotatable bonds is 13. The van der Waals surface area contributed by atoms with Crippen LogP contribution in [0.25, 0.3) is 11.3 Å². The largest absolute Gasteiger partial charge is 0.460 e. The number of furan rings is 1. The van der Waals surface area contributed by atoms with Gasteiger partial charge in [0, 0.05) is 15.6 Å². The van der Waals surface area contributed by atoms with Gasteiger partial charge in [0.15, 0.2) is 0 Å². The first-order chi connectivity index (χ1) is 13.1. The predicted octanol–water partition coefficient (Wildman–Crippen LogP) is 6.64. The first-order valence-electron chi connectivity index (χ1n) is 10.1. The summed E-state index contributed by atoms with van der Waals surface area (Å²) in [5.74, 6) is 1.72. The molecule has 1 N–H and O–H groups in total. The minimum Gasteiger partial charge on any atom is -0.460 e. The van der Waals surface area contributed by atoms with Gasteiger partial charge in [0.05, 0.1) is 6.54 Å². The van der Waals surface area contributed by atoms with Crippen LogP contribution in [0.5, 0.6) is 0 Å². The van der Waals surface area contributed by atoms with Gasteiger partial charge in [-0.3, -0.25) is 0 Å². The fourth-order valence-electron chi connectivity index (χ4n) is 3.06. The molecule has 2 aromatic rings. The van der Waals surface area contributed by atoms with Crippen LogP contribution in [-0.4, -0.2) is 31.1 Å². The molecule has 5 heteroatoms. The summed E-state index contributed by atoms with van der Waals surface area (Å²) in [5.41, 5.74) is 0.904. The Morgan fingerprint density at radius 1 is 0.889 bits per heavy atom. The number of hydrogen-bond donors (Lipinski definition) is 1. The van der Waals surface area contributed by atoms with Crippen LogP contribution in [0, 0.1) is 0 Å². The molecule has 0 radical (unpaired) electrons. The van der Waals surface area contributed by atoms with Crippen LogP contribution in [0.3, 0.4) is 0 Å². The summed E-state index contributed by atoms with van der Waals surface area (Å²) >= 11 is 12.1. The van der Waals surface area contributed by atoms with Gasteiger partial charge in [0.1, 0.15) is 11.5 Å². The minimum atomic E-state index is 0.615.